The van der Waals surface area contributed by atoms with Crippen LogP contribution >= 0.6 is 22.9 Å². The Morgan fingerprint density at radius 3 is 2.68 bits per heavy atom. The molecule has 0 aliphatic heterocycles. The lowest BCUT2D eigenvalue weighted by Gasteiger charge is -2.06. The maximum absolute atomic E-state index is 12.2. The number of fused-ring (bicyclic) bond motifs is 1. The van der Waals surface area contributed by atoms with Crippen molar-refractivity contribution in [3.63, 3.8) is 0 Å². The van der Waals surface area contributed by atoms with Crippen molar-refractivity contribution in [2.45, 2.75) is 17.7 Å². The number of rotatable bonds is 6. The molecular weight excluding hydrogens is 382 g/mol. The van der Waals surface area contributed by atoms with Gasteiger partial charge in [0, 0.05) is 11.4 Å². The molecule has 0 fully saturated rings. The van der Waals surface area contributed by atoms with Crippen LogP contribution in [0.25, 0.3) is 10.2 Å². The number of hydrogen-bond acceptors (Lipinski definition) is 6. The predicted octanol–water partition coefficient (Wildman–Crippen LogP) is 3.54. The molecule has 130 valence electrons. The average molecular weight is 396 g/mol. The highest BCUT2D eigenvalue weighted by atomic mass is 35.5. The highest BCUT2D eigenvalue weighted by molar-refractivity contribution is 7.91. The Morgan fingerprint density at radius 2 is 1.92 bits per heavy atom. The van der Waals surface area contributed by atoms with Crippen LogP contribution in [0, 0.1) is 0 Å². The zero-order valence-electron chi connectivity index (χ0n) is 13.0. The molecule has 2 heterocycles. The highest BCUT2D eigenvalue weighted by Gasteiger charge is 2.15. The molecule has 3 aromatic rings. The first kappa shape index (κ1) is 17.8. The number of amides is 1. The number of thiophene rings is 1. The van der Waals surface area contributed by atoms with Crippen molar-refractivity contribution in [1.82, 2.24) is 9.97 Å². The Balaban J connectivity index is 1.57. The van der Waals surface area contributed by atoms with Crippen LogP contribution in [0.15, 0.2) is 46.9 Å². The fourth-order valence-corrected chi connectivity index (χ4v) is 4.44. The summed E-state index contributed by atoms with van der Waals surface area (Å²) in [5.74, 6) is 0.0500. The molecule has 0 unspecified atom stereocenters. The first-order valence-corrected chi connectivity index (χ1v) is 10.3. The number of nitrogens with one attached hydrogen (secondary N) is 1. The van der Waals surface area contributed by atoms with Gasteiger partial charge in [-0.2, -0.15) is 0 Å². The molecule has 1 amide bonds. The van der Waals surface area contributed by atoms with Gasteiger partial charge in [0.05, 0.1) is 16.0 Å². The highest BCUT2D eigenvalue weighted by Crippen LogP contribution is 2.24. The lowest BCUT2D eigenvalue weighted by atomic mass is 10.3. The largest absolute Gasteiger partial charge is 0.310 e. The number of carbonyl (C=O) groups excluding carboxylic acids is 1. The Morgan fingerprint density at radius 1 is 1.16 bits per heavy atom. The molecule has 25 heavy (non-hydrogen) atoms. The van der Waals surface area contributed by atoms with Gasteiger partial charge in [-0.15, -0.1) is 11.3 Å². The molecule has 3 rings (SSSR count). The van der Waals surface area contributed by atoms with Crippen molar-refractivity contribution in [2.24, 2.45) is 0 Å². The third-order valence-electron chi connectivity index (χ3n) is 3.51. The van der Waals surface area contributed by atoms with Gasteiger partial charge >= 0.3 is 0 Å². The summed E-state index contributed by atoms with van der Waals surface area (Å²) in [4.78, 5) is 21.2. The van der Waals surface area contributed by atoms with Gasteiger partial charge in [-0.3, -0.25) is 4.79 Å². The van der Waals surface area contributed by atoms with E-state index in [9.17, 15) is 13.2 Å². The number of carbonyl (C=O) groups is 1. The minimum atomic E-state index is -3.43. The smallest absolute Gasteiger partial charge is 0.225 e. The lowest BCUT2D eigenvalue weighted by molar-refractivity contribution is -0.116. The van der Waals surface area contributed by atoms with Gasteiger partial charge in [0.2, 0.25) is 5.91 Å². The van der Waals surface area contributed by atoms with E-state index in [2.05, 4.69) is 15.3 Å². The van der Waals surface area contributed by atoms with Gasteiger partial charge in [0.15, 0.2) is 9.84 Å². The molecular formula is C16H14ClN3O3S2. The summed E-state index contributed by atoms with van der Waals surface area (Å²) in [6.45, 7) is 0. The van der Waals surface area contributed by atoms with E-state index in [1.807, 2.05) is 11.4 Å². The van der Waals surface area contributed by atoms with Gasteiger partial charge < -0.3 is 5.32 Å². The number of anilines is 1. The fourth-order valence-electron chi connectivity index (χ4n) is 2.27. The number of benzene rings is 1. The molecule has 9 heteroatoms. The van der Waals surface area contributed by atoms with Gasteiger partial charge in [-0.05, 0) is 42.1 Å². The molecule has 0 saturated carbocycles. The van der Waals surface area contributed by atoms with Gasteiger partial charge in [-0.1, -0.05) is 11.6 Å². The van der Waals surface area contributed by atoms with Crippen molar-refractivity contribution < 1.29 is 13.2 Å². The van der Waals surface area contributed by atoms with Crippen LogP contribution in [0.2, 0.25) is 5.02 Å². The second kappa shape index (κ2) is 7.47. The van der Waals surface area contributed by atoms with E-state index in [-0.39, 0.29) is 29.4 Å². The molecule has 2 aromatic heterocycles. The SMILES string of the molecule is O=C(CCCS(=O)(=O)c1ccc(Cl)cc1)Nc1ncnc2sccc12. The van der Waals surface area contributed by atoms with Crippen molar-refractivity contribution in [1.29, 1.82) is 0 Å². The number of nitrogens with zero attached hydrogens (tertiary/aromatic N) is 2. The number of hydrogen-bond donors (Lipinski definition) is 1. The molecule has 0 spiro atoms. The number of sulfone groups is 1. The van der Waals surface area contributed by atoms with Crippen molar-refractivity contribution >= 4 is 54.7 Å². The Labute approximate surface area is 153 Å². The zero-order chi connectivity index (χ0) is 17.9. The standard InChI is InChI=1S/C16H14ClN3O3S2/c17-11-3-5-12(6-4-11)25(22,23)9-1-2-14(21)20-15-13-7-8-24-16(13)19-10-18-15/h3-8,10H,1-2,9H2,(H,18,19,20,21). The van der Waals surface area contributed by atoms with Gasteiger partial charge in [0.25, 0.3) is 0 Å². The number of halogens is 1. The van der Waals surface area contributed by atoms with E-state index in [4.69, 9.17) is 11.6 Å². The number of aromatic nitrogens is 2. The first-order valence-electron chi connectivity index (χ1n) is 7.42. The van der Waals surface area contributed by atoms with E-state index in [0.29, 0.717) is 10.8 Å². The quantitative estimate of drug-likeness (QED) is 0.689. The fraction of sp³-hybridized carbons (Fsp3) is 0.188. The van der Waals surface area contributed by atoms with Crippen LogP contribution in [0.5, 0.6) is 0 Å². The summed E-state index contributed by atoms with van der Waals surface area (Å²) >= 11 is 7.22. The maximum atomic E-state index is 12.2. The van der Waals surface area contributed by atoms with E-state index in [1.165, 1.54) is 41.9 Å². The normalized spacial score (nSPS) is 11.6. The topological polar surface area (TPSA) is 89.0 Å². The summed E-state index contributed by atoms with van der Waals surface area (Å²) < 4.78 is 24.5. The average Bonchev–Trinajstić information content (AvgIpc) is 3.05. The Bertz CT molecular complexity index is 1000. The summed E-state index contributed by atoms with van der Waals surface area (Å²) in [6.07, 6.45) is 1.69. The molecule has 0 atom stereocenters. The lowest BCUT2D eigenvalue weighted by Crippen LogP contribution is -2.15. The summed E-state index contributed by atoms with van der Waals surface area (Å²) in [6, 6.07) is 7.82. The van der Waals surface area contributed by atoms with E-state index < -0.39 is 9.84 Å². The Hall–Kier alpha value is -2.03. The molecule has 6 nitrogen and oxygen atoms in total. The molecule has 1 aromatic carbocycles. The molecule has 0 aliphatic rings. The third kappa shape index (κ3) is 4.33. The van der Waals surface area contributed by atoms with Crippen LogP contribution in [0.3, 0.4) is 0 Å². The van der Waals surface area contributed by atoms with Crippen LogP contribution in [0.4, 0.5) is 5.82 Å². The minimum Gasteiger partial charge on any atom is -0.310 e. The monoisotopic (exact) mass is 395 g/mol. The zero-order valence-corrected chi connectivity index (χ0v) is 15.4. The molecule has 1 N–H and O–H groups in total. The van der Waals surface area contributed by atoms with Crippen LogP contribution in [-0.4, -0.2) is 30.0 Å². The second-order valence-electron chi connectivity index (χ2n) is 5.29. The molecule has 0 aliphatic carbocycles. The maximum Gasteiger partial charge on any atom is 0.225 e. The van der Waals surface area contributed by atoms with Gasteiger partial charge in [0.1, 0.15) is 17.0 Å². The molecule has 0 radical (unpaired) electrons. The van der Waals surface area contributed by atoms with Crippen LogP contribution in [-0.2, 0) is 14.6 Å². The second-order valence-corrected chi connectivity index (χ2v) is 8.73. The summed E-state index contributed by atoms with van der Waals surface area (Å²) in [7, 11) is -3.43. The van der Waals surface area contributed by atoms with Crippen LogP contribution < -0.4 is 5.32 Å². The van der Waals surface area contributed by atoms with E-state index >= 15 is 0 Å². The molecule has 0 saturated heterocycles. The van der Waals surface area contributed by atoms with Crippen LogP contribution in [0.1, 0.15) is 12.8 Å². The van der Waals surface area contributed by atoms with Crippen molar-refractivity contribution in [3.8, 4) is 0 Å². The van der Waals surface area contributed by atoms with Gasteiger partial charge in [-0.25, -0.2) is 18.4 Å². The van der Waals surface area contributed by atoms with Crippen molar-refractivity contribution in [3.05, 3.63) is 47.1 Å². The van der Waals surface area contributed by atoms with E-state index in [0.717, 1.165) is 10.2 Å². The predicted molar refractivity (Wildman–Crippen MR) is 98.8 cm³/mol. The minimum absolute atomic E-state index is 0.0858. The summed E-state index contributed by atoms with van der Waals surface area (Å²) in [5, 5.41) is 5.83. The summed E-state index contributed by atoms with van der Waals surface area (Å²) in [5.41, 5.74) is 0. The van der Waals surface area contributed by atoms with Crippen molar-refractivity contribution in [2.75, 3.05) is 11.1 Å². The molecule has 0 bridgehead atoms. The van der Waals surface area contributed by atoms with E-state index in [1.54, 1.807) is 0 Å². The first-order chi connectivity index (χ1) is 12.0. The third-order valence-corrected chi connectivity index (χ3v) is 6.40. The Kier molecular flexibility index (Phi) is 5.31.